The zero-order chi connectivity index (χ0) is 19.0. The Balaban J connectivity index is 1.89. The van der Waals surface area contributed by atoms with E-state index in [2.05, 4.69) is 40.7 Å². The molecule has 4 heterocycles. The standard InChI is InChI=1S/C20H21N7/c1-12-19(13(2)26-25-12)17-10-15(16(11-21)20(22)24-17)18-4-3-9-27(18)14-5-7-23-8-6-14/h3-10,12-13,19,25-26H,1-2H3,(H2,22,24). The van der Waals surface area contributed by atoms with Gasteiger partial charge in [0, 0.05) is 53.5 Å². The molecule has 4 rings (SSSR count). The predicted molar refractivity (Wildman–Crippen MR) is 104 cm³/mol. The Morgan fingerprint density at radius 1 is 1.15 bits per heavy atom. The zero-order valence-electron chi connectivity index (χ0n) is 15.2. The molecule has 1 aliphatic heterocycles. The average molecular weight is 359 g/mol. The van der Waals surface area contributed by atoms with Crippen molar-refractivity contribution in [2.45, 2.75) is 31.8 Å². The fourth-order valence-corrected chi connectivity index (χ4v) is 3.79. The number of hydrogen-bond donors (Lipinski definition) is 3. The number of nitrogens with two attached hydrogens (primary N) is 1. The van der Waals surface area contributed by atoms with Crippen molar-refractivity contribution in [3.8, 4) is 23.0 Å². The summed E-state index contributed by atoms with van der Waals surface area (Å²) in [6, 6.07) is 12.4. The highest BCUT2D eigenvalue weighted by atomic mass is 15.4. The van der Waals surface area contributed by atoms with Crippen molar-refractivity contribution in [3.63, 3.8) is 0 Å². The summed E-state index contributed by atoms with van der Waals surface area (Å²) in [6.07, 6.45) is 5.46. The normalized spacial score (nSPS) is 21.9. The fourth-order valence-electron chi connectivity index (χ4n) is 3.79. The molecule has 1 aliphatic rings. The van der Waals surface area contributed by atoms with Crippen LogP contribution >= 0.6 is 0 Å². The molecule has 27 heavy (non-hydrogen) atoms. The van der Waals surface area contributed by atoms with Crippen LogP contribution in [0.15, 0.2) is 48.9 Å². The van der Waals surface area contributed by atoms with Crippen LogP contribution in [0.5, 0.6) is 0 Å². The van der Waals surface area contributed by atoms with Gasteiger partial charge >= 0.3 is 0 Å². The molecule has 0 spiro atoms. The van der Waals surface area contributed by atoms with Crippen LogP contribution in [0.1, 0.15) is 31.0 Å². The van der Waals surface area contributed by atoms with Gasteiger partial charge in [0.15, 0.2) is 0 Å². The molecule has 2 atom stereocenters. The maximum absolute atomic E-state index is 9.71. The number of nitrogens with one attached hydrogen (secondary N) is 2. The van der Waals surface area contributed by atoms with Crippen LogP contribution in [0.4, 0.5) is 5.82 Å². The van der Waals surface area contributed by atoms with Crippen LogP contribution in [-0.2, 0) is 0 Å². The lowest BCUT2D eigenvalue weighted by molar-refractivity contribution is 0.561. The third-order valence-electron chi connectivity index (χ3n) is 5.10. The van der Waals surface area contributed by atoms with Crippen LogP contribution < -0.4 is 16.6 Å². The van der Waals surface area contributed by atoms with E-state index in [-0.39, 0.29) is 23.8 Å². The average Bonchev–Trinajstić information content (AvgIpc) is 3.28. The van der Waals surface area contributed by atoms with Crippen molar-refractivity contribution in [2.75, 3.05) is 5.73 Å². The van der Waals surface area contributed by atoms with E-state index in [0.717, 1.165) is 22.6 Å². The highest BCUT2D eigenvalue weighted by Gasteiger charge is 2.33. The van der Waals surface area contributed by atoms with Gasteiger partial charge in [0.2, 0.25) is 0 Å². The van der Waals surface area contributed by atoms with Gasteiger partial charge in [0.1, 0.15) is 17.5 Å². The van der Waals surface area contributed by atoms with E-state index in [0.29, 0.717) is 5.56 Å². The molecule has 2 unspecified atom stereocenters. The lowest BCUT2D eigenvalue weighted by Crippen LogP contribution is -2.30. The first-order chi connectivity index (χ1) is 13.1. The number of rotatable bonds is 3. The molecule has 0 saturated carbocycles. The van der Waals surface area contributed by atoms with Gasteiger partial charge in [-0.15, -0.1) is 0 Å². The molecule has 1 saturated heterocycles. The second-order valence-electron chi connectivity index (χ2n) is 6.83. The molecule has 7 nitrogen and oxygen atoms in total. The third-order valence-corrected chi connectivity index (χ3v) is 5.10. The SMILES string of the molecule is CC1NNC(C)C1c1cc(-c2cccn2-c2ccncc2)c(C#N)c(N)n1. The van der Waals surface area contributed by atoms with Crippen LogP contribution in [0, 0.1) is 11.3 Å². The van der Waals surface area contributed by atoms with Gasteiger partial charge in [0.25, 0.3) is 0 Å². The molecule has 3 aromatic rings. The molecule has 136 valence electrons. The molecule has 4 N–H and O–H groups in total. The van der Waals surface area contributed by atoms with E-state index >= 15 is 0 Å². The summed E-state index contributed by atoms with van der Waals surface area (Å²) in [5.74, 6) is 0.418. The number of hydrazine groups is 1. The predicted octanol–water partition coefficient (Wildman–Crippen LogP) is 2.36. The number of aromatic nitrogens is 3. The van der Waals surface area contributed by atoms with Gasteiger partial charge in [-0.2, -0.15) is 5.26 Å². The highest BCUT2D eigenvalue weighted by Crippen LogP contribution is 2.34. The molecule has 3 aromatic heterocycles. The maximum atomic E-state index is 9.71. The Hall–Kier alpha value is -3.21. The van der Waals surface area contributed by atoms with Crippen molar-refractivity contribution < 1.29 is 0 Å². The van der Waals surface area contributed by atoms with E-state index < -0.39 is 0 Å². The van der Waals surface area contributed by atoms with Gasteiger partial charge in [-0.05, 0) is 44.2 Å². The van der Waals surface area contributed by atoms with Gasteiger partial charge < -0.3 is 10.3 Å². The monoisotopic (exact) mass is 359 g/mol. The first-order valence-electron chi connectivity index (χ1n) is 8.90. The first kappa shape index (κ1) is 17.2. The zero-order valence-corrected chi connectivity index (χ0v) is 15.2. The number of nitriles is 1. The van der Waals surface area contributed by atoms with E-state index in [1.165, 1.54) is 0 Å². The Morgan fingerprint density at radius 2 is 1.85 bits per heavy atom. The Labute approximate surface area is 157 Å². The van der Waals surface area contributed by atoms with E-state index in [9.17, 15) is 5.26 Å². The summed E-state index contributed by atoms with van der Waals surface area (Å²) in [5.41, 5.74) is 16.6. The largest absolute Gasteiger partial charge is 0.383 e. The van der Waals surface area contributed by atoms with Crippen molar-refractivity contribution >= 4 is 5.82 Å². The first-order valence-corrected chi connectivity index (χ1v) is 8.90. The van der Waals surface area contributed by atoms with E-state index in [4.69, 9.17) is 5.73 Å². The summed E-state index contributed by atoms with van der Waals surface area (Å²) in [6.45, 7) is 4.22. The molecule has 7 heteroatoms. The van der Waals surface area contributed by atoms with Crippen molar-refractivity contribution in [1.29, 1.82) is 5.26 Å². The van der Waals surface area contributed by atoms with Gasteiger partial charge in [0.05, 0.1) is 5.69 Å². The molecule has 0 aliphatic carbocycles. The minimum Gasteiger partial charge on any atom is -0.383 e. The molecule has 0 radical (unpaired) electrons. The molecular weight excluding hydrogens is 338 g/mol. The highest BCUT2D eigenvalue weighted by molar-refractivity contribution is 5.75. The third kappa shape index (κ3) is 2.95. The number of pyridine rings is 2. The number of hydrogen-bond acceptors (Lipinski definition) is 6. The second-order valence-corrected chi connectivity index (χ2v) is 6.83. The molecule has 0 aromatic carbocycles. The minimum absolute atomic E-state index is 0.156. The fraction of sp³-hybridized carbons (Fsp3) is 0.250. The van der Waals surface area contributed by atoms with Crippen molar-refractivity contribution in [1.82, 2.24) is 25.4 Å². The smallest absolute Gasteiger partial charge is 0.142 e. The summed E-state index contributed by atoms with van der Waals surface area (Å²) in [4.78, 5) is 8.63. The van der Waals surface area contributed by atoms with Crippen LogP contribution in [0.25, 0.3) is 16.9 Å². The number of anilines is 1. The Morgan fingerprint density at radius 3 is 2.52 bits per heavy atom. The topological polar surface area (TPSA) is 105 Å². The number of nitrogens with zero attached hydrogens (tertiary/aromatic N) is 4. The summed E-state index contributed by atoms with van der Waals surface area (Å²) in [5, 5.41) is 9.71. The van der Waals surface area contributed by atoms with Crippen LogP contribution in [0.3, 0.4) is 0 Å². The van der Waals surface area contributed by atoms with E-state index in [1.54, 1.807) is 12.4 Å². The molecular formula is C20H21N7. The van der Waals surface area contributed by atoms with Gasteiger partial charge in [-0.3, -0.25) is 15.8 Å². The summed E-state index contributed by atoms with van der Waals surface area (Å²) >= 11 is 0. The molecule has 1 fully saturated rings. The van der Waals surface area contributed by atoms with Crippen LogP contribution in [-0.4, -0.2) is 26.6 Å². The van der Waals surface area contributed by atoms with E-state index in [1.807, 2.05) is 41.1 Å². The lowest BCUT2D eigenvalue weighted by Gasteiger charge is -2.20. The van der Waals surface area contributed by atoms with Gasteiger partial charge in [-0.25, -0.2) is 4.98 Å². The van der Waals surface area contributed by atoms with Crippen LogP contribution in [0.2, 0.25) is 0 Å². The molecule has 0 bridgehead atoms. The van der Waals surface area contributed by atoms with Crippen molar-refractivity contribution in [2.24, 2.45) is 0 Å². The van der Waals surface area contributed by atoms with Gasteiger partial charge in [-0.1, -0.05) is 0 Å². The second kappa shape index (κ2) is 6.83. The maximum Gasteiger partial charge on any atom is 0.142 e. The lowest BCUT2D eigenvalue weighted by atomic mass is 9.90. The van der Waals surface area contributed by atoms with Crippen molar-refractivity contribution in [3.05, 3.63) is 60.2 Å². The Kier molecular flexibility index (Phi) is 4.36. The Bertz CT molecular complexity index is 993. The number of nitrogen functional groups attached to an aromatic ring is 1. The minimum atomic E-state index is 0.156. The quantitative estimate of drug-likeness (QED) is 0.663. The summed E-state index contributed by atoms with van der Waals surface area (Å²) < 4.78 is 2.03. The summed E-state index contributed by atoms with van der Waals surface area (Å²) in [7, 11) is 0. The molecule has 0 amide bonds.